The van der Waals surface area contributed by atoms with Crippen molar-refractivity contribution in [2.75, 3.05) is 18.5 Å². The van der Waals surface area contributed by atoms with Gasteiger partial charge in [0.25, 0.3) is 0 Å². The zero-order chi connectivity index (χ0) is 14.5. The normalized spacial score (nSPS) is 10.7. The van der Waals surface area contributed by atoms with Crippen molar-refractivity contribution in [3.63, 3.8) is 0 Å². The molecule has 0 spiro atoms. The summed E-state index contributed by atoms with van der Waals surface area (Å²) in [7, 11) is 2.00. The number of benzene rings is 1. The largest absolute Gasteiger partial charge is 0.342 e. The van der Waals surface area contributed by atoms with E-state index in [0.29, 0.717) is 0 Å². The fourth-order valence-corrected chi connectivity index (χ4v) is 2.17. The Morgan fingerprint density at radius 1 is 1.19 bits per heavy atom. The van der Waals surface area contributed by atoms with Gasteiger partial charge in [-0.3, -0.25) is 0 Å². The van der Waals surface area contributed by atoms with Crippen molar-refractivity contribution in [2.24, 2.45) is 0 Å². The molecule has 108 valence electrons. The van der Waals surface area contributed by atoms with E-state index in [1.165, 1.54) is 0 Å². The second-order valence-corrected chi connectivity index (χ2v) is 4.80. The first-order valence-corrected chi connectivity index (χ1v) is 6.85. The van der Waals surface area contributed by atoms with Gasteiger partial charge in [-0.15, -0.1) is 0 Å². The quantitative estimate of drug-likeness (QED) is 0.684. The minimum atomic E-state index is 0.742. The summed E-state index contributed by atoms with van der Waals surface area (Å²) in [6.07, 6.45) is 6.58. The maximum absolute atomic E-state index is 4.12. The molecular weight excluding hydrogens is 266 g/mol. The summed E-state index contributed by atoms with van der Waals surface area (Å²) in [4.78, 5) is 6.10. The highest BCUT2D eigenvalue weighted by atomic mass is 15.6. The van der Waals surface area contributed by atoms with Crippen LogP contribution in [0.25, 0.3) is 5.69 Å². The fourth-order valence-electron chi connectivity index (χ4n) is 2.17. The number of imidazole rings is 1. The lowest BCUT2D eigenvalue weighted by atomic mass is 10.3. The number of rotatable bonds is 6. The van der Waals surface area contributed by atoms with Gasteiger partial charge >= 0.3 is 0 Å². The lowest BCUT2D eigenvalue weighted by Gasteiger charge is -2.17. The van der Waals surface area contributed by atoms with Gasteiger partial charge in [0.2, 0.25) is 5.95 Å². The van der Waals surface area contributed by atoms with Crippen LogP contribution in [-0.4, -0.2) is 43.4 Å². The number of hydrogen-bond acceptors (Lipinski definition) is 5. The van der Waals surface area contributed by atoms with Crippen LogP contribution in [0, 0.1) is 0 Å². The molecule has 0 saturated heterocycles. The topological polar surface area (TPSA) is 64.7 Å². The van der Waals surface area contributed by atoms with Gasteiger partial charge in [0.05, 0.1) is 12.0 Å². The maximum atomic E-state index is 4.12. The predicted molar refractivity (Wildman–Crippen MR) is 79.3 cm³/mol. The highest BCUT2D eigenvalue weighted by Gasteiger charge is 2.12. The van der Waals surface area contributed by atoms with Crippen LogP contribution in [0.15, 0.2) is 49.1 Å². The smallest absolute Gasteiger partial charge is 0.250 e. The Bertz CT molecular complexity index is 660. The van der Waals surface area contributed by atoms with E-state index in [0.717, 1.165) is 31.1 Å². The molecule has 0 aliphatic heterocycles. The van der Waals surface area contributed by atoms with Crippen molar-refractivity contribution in [3.8, 4) is 5.69 Å². The van der Waals surface area contributed by atoms with Crippen molar-refractivity contribution in [3.05, 3.63) is 49.1 Å². The van der Waals surface area contributed by atoms with Crippen molar-refractivity contribution in [2.45, 2.75) is 13.0 Å². The molecule has 2 heterocycles. The van der Waals surface area contributed by atoms with Gasteiger partial charge in [-0.2, -0.15) is 4.68 Å². The van der Waals surface area contributed by atoms with Crippen LogP contribution in [0.3, 0.4) is 0 Å². The number of aromatic nitrogens is 6. The van der Waals surface area contributed by atoms with E-state index in [4.69, 9.17) is 0 Å². The number of para-hydroxylation sites is 1. The van der Waals surface area contributed by atoms with Gasteiger partial charge in [0, 0.05) is 32.5 Å². The summed E-state index contributed by atoms with van der Waals surface area (Å²) in [6, 6.07) is 9.89. The molecule has 0 unspecified atom stereocenters. The predicted octanol–water partition coefficient (Wildman–Crippen LogP) is 1.39. The zero-order valence-electron chi connectivity index (χ0n) is 11.9. The molecule has 0 fully saturated rings. The van der Waals surface area contributed by atoms with Gasteiger partial charge in [0.15, 0.2) is 0 Å². The third kappa shape index (κ3) is 3.07. The Labute approximate surface area is 122 Å². The van der Waals surface area contributed by atoms with Crippen LogP contribution < -0.4 is 4.90 Å². The summed E-state index contributed by atoms with van der Waals surface area (Å²) in [5, 5.41) is 12.0. The molecular formula is C14H17N7. The number of anilines is 1. The molecule has 0 saturated carbocycles. The molecule has 3 rings (SSSR count). The molecule has 0 amide bonds. The van der Waals surface area contributed by atoms with E-state index >= 15 is 0 Å². The van der Waals surface area contributed by atoms with Crippen molar-refractivity contribution in [1.82, 2.24) is 29.8 Å². The fraction of sp³-hybridized carbons (Fsp3) is 0.286. The second-order valence-electron chi connectivity index (χ2n) is 4.80. The number of hydrogen-bond donors (Lipinski definition) is 0. The monoisotopic (exact) mass is 283 g/mol. The molecule has 3 aromatic rings. The molecule has 0 aliphatic carbocycles. The highest BCUT2D eigenvalue weighted by molar-refractivity contribution is 5.39. The lowest BCUT2D eigenvalue weighted by molar-refractivity contribution is 0.630. The summed E-state index contributed by atoms with van der Waals surface area (Å²) in [5.41, 5.74) is 0.957. The van der Waals surface area contributed by atoms with E-state index in [1.54, 1.807) is 10.9 Å². The van der Waals surface area contributed by atoms with E-state index < -0.39 is 0 Å². The number of nitrogens with zero attached hydrogens (tertiary/aromatic N) is 7. The van der Waals surface area contributed by atoms with E-state index in [2.05, 4.69) is 30.0 Å². The summed E-state index contributed by atoms with van der Waals surface area (Å²) in [5.74, 6) is 0.742. The molecule has 0 atom stereocenters. The van der Waals surface area contributed by atoms with Crippen LogP contribution in [0.5, 0.6) is 0 Å². The zero-order valence-corrected chi connectivity index (χ0v) is 11.9. The van der Waals surface area contributed by atoms with Crippen LogP contribution >= 0.6 is 0 Å². The molecule has 0 aliphatic rings. The molecule has 2 aromatic heterocycles. The first kappa shape index (κ1) is 13.3. The average molecular weight is 283 g/mol. The highest BCUT2D eigenvalue weighted by Crippen LogP contribution is 2.14. The minimum absolute atomic E-state index is 0.742. The van der Waals surface area contributed by atoms with Crippen LogP contribution in [0.1, 0.15) is 6.42 Å². The second kappa shape index (κ2) is 6.17. The van der Waals surface area contributed by atoms with Crippen molar-refractivity contribution in [1.29, 1.82) is 0 Å². The third-order valence-corrected chi connectivity index (χ3v) is 3.26. The molecule has 1 aromatic carbocycles. The SMILES string of the molecule is CN(CCCn1ccnc1)c1nnnn1-c1ccccc1. The number of tetrazole rings is 1. The first-order valence-electron chi connectivity index (χ1n) is 6.85. The van der Waals surface area contributed by atoms with Gasteiger partial charge in [-0.05, 0) is 29.0 Å². The Balaban J connectivity index is 1.65. The van der Waals surface area contributed by atoms with Crippen LogP contribution in [-0.2, 0) is 6.54 Å². The van der Waals surface area contributed by atoms with Crippen molar-refractivity contribution < 1.29 is 0 Å². The minimum Gasteiger partial charge on any atom is -0.342 e. The molecule has 0 radical (unpaired) electrons. The Hall–Kier alpha value is -2.70. The van der Waals surface area contributed by atoms with E-state index in [1.807, 2.05) is 49.9 Å². The Morgan fingerprint density at radius 3 is 2.81 bits per heavy atom. The van der Waals surface area contributed by atoms with Crippen LogP contribution in [0.2, 0.25) is 0 Å². The first-order chi connectivity index (χ1) is 10.3. The summed E-state index contributed by atoms with van der Waals surface area (Å²) < 4.78 is 3.81. The summed E-state index contributed by atoms with van der Waals surface area (Å²) in [6.45, 7) is 1.79. The molecule has 7 heteroatoms. The van der Waals surface area contributed by atoms with E-state index in [-0.39, 0.29) is 0 Å². The van der Waals surface area contributed by atoms with Gasteiger partial charge < -0.3 is 9.47 Å². The molecule has 7 nitrogen and oxygen atoms in total. The average Bonchev–Trinajstić information content (AvgIpc) is 3.19. The Morgan fingerprint density at radius 2 is 2.05 bits per heavy atom. The molecule has 21 heavy (non-hydrogen) atoms. The summed E-state index contributed by atoms with van der Waals surface area (Å²) >= 11 is 0. The van der Waals surface area contributed by atoms with E-state index in [9.17, 15) is 0 Å². The van der Waals surface area contributed by atoms with Gasteiger partial charge in [-0.25, -0.2) is 4.98 Å². The lowest BCUT2D eigenvalue weighted by Crippen LogP contribution is -2.23. The maximum Gasteiger partial charge on any atom is 0.250 e. The van der Waals surface area contributed by atoms with Gasteiger partial charge in [-0.1, -0.05) is 23.3 Å². The Kier molecular flexibility index (Phi) is 3.90. The van der Waals surface area contributed by atoms with Gasteiger partial charge in [0.1, 0.15) is 0 Å². The molecule has 0 N–H and O–H groups in total. The van der Waals surface area contributed by atoms with Crippen LogP contribution in [0.4, 0.5) is 5.95 Å². The number of aryl methyl sites for hydroxylation is 1. The molecule has 0 bridgehead atoms. The third-order valence-electron chi connectivity index (χ3n) is 3.26. The standard InChI is InChI=1S/C14H17N7/c1-19(9-5-10-20-11-8-15-12-20)14-16-17-18-21(14)13-6-3-2-4-7-13/h2-4,6-8,11-12H,5,9-10H2,1H3. The van der Waals surface area contributed by atoms with Crippen molar-refractivity contribution >= 4 is 5.95 Å².